The van der Waals surface area contributed by atoms with Crippen molar-refractivity contribution < 1.29 is 14.6 Å². The summed E-state index contributed by atoms with van der Waals surface area (Å²) in [7, 11) is 0. The van der Waals surface area contributed by atoms with Crippen LogP contribution in [0.25, 0.3) is 10.9 Å². The van der Waals surface area contributed by atoms with Gasteiger partial charge < -0.3 is 24.6 Å². The number of pyridine rings is 1. The van der Waals surface area contributed by atoms with Gasteiger partial charge in [-0.3, -0.25) is 4.79 Å². The molecule has 2 N–H and O–H groups in total. The molecule has 0 radical (unpaired) electrons. The zero-order valence-electron chi connectivity index (χ0n) is 20.2. The van der Waals surface area contributed by atoms with Crippen LogP contribution in [-0.4, -0.2) is 51.6 Å². The van der Waals surface area contributed by atoms with Gasteiger partial charge in [0.2, 0.25) is 11.8 Å². The number of aromatic hydroxyl groups is 1. The molecule has 0 unspecified atom stereocenters. The molecule has 0 bridgehead atoms. The van der Waals surface area contributed by atoms with Gasteiger partial charge in [-0.1, -0.05) is 37.5 Å². The van der Waals surface area contributed by atoms with Gasteiger partial charge in [-0.05, 0) is 37.8 Å². The first-order chi connectivity index (χ1) is 16.0. The summed E-state index contributed by atoms with van der Waals surface area (Å²) in [5.74, 6) is 1.27. The quantitative estimate of drug-likeness (QED) is 0.471. The molecule has 2 aliphatic rings. The van der Waals surface area contributed by atoms with Crippen molar-refractivity contribution in [3.63, 3.8) is 0 Å². The Hall–Kier alpha value is -2.48. The second kappa shape index (κ2) is 11.5. The van der Waals surface area contributed by atoms with Crippen molar-refractivity contribution >= 4 is 41.6 Å². The Balaban J connectivity index is 0.00000171. The SMILES string of the molecule is Cc1cccc(C)c1Oc1c(C(=O)N2CCNCC2)c2cnc(O)cc2n1C1CCCCC1.Cl.Cl. The minimum Gasteiger partial charge on any atom is -0.493 e. The average Bonchev–Trinajstić information content (AvgIpc) is 3.15. The lowest BCUT2D eigenvalue weighted by Gasteiger charge is -2.29. The monoisotopic (exact) mass is 520 g/mol. The number of piperazine rings is 1. The Labute approximate surface area is 218 Å². The molecule has 5 rings (SSSR count). The summed E-state index contributed by atoms with van der Waals surface area (Å²) in [4.78, 5) is 19.9. The lowest BCUT2D eigenvalue weighted by Crippen LogP contribution is -2.46. The number of para-hydroxylation sites is 1. The van der Waals surface area contributed by atoms with Crippen LogP contribution in [0.5, 0.6) is 17.5 Å². The van der Waals surface area contributed by atoms with Crippen molar-refractivity contribution in [2.75, 3.05) is 26.2 Å². The molecule has 3 aromatic rings. The number of aromatic nitrogens is 2. The number of halogens is 2. The molecular weight excluding hydrogens is 487 g/mol. The Morgan fingerprint density at radius 3 is 2.40 bits per heavy atom. The number of fused-ring (bicyclic) bond motifs is 1. The van der Waals surface area contributed by atoms with E-state index in [1.165, 1.54) is 6.42 Å². The number of benzene rings is 1. The number of carbonyl (C=O) groups is 1. The molecule has 7 nitrogen and oxygen atoms in total. The maximum atomic E-state index is 13.9. The van der Waals surface area contributed by atoms with E-state index in [-0.39, 0.29) is 42.6 Å². The molecule has 3 heterocycles. The highest BCUT2D eigenvalue weighted by atomic mass is 35.5. The van der Waals surface area contributed by atoms with Crippen molar-refractivity contribution in [2.24, 2.45) is 0 Å². The van der Waals surface area contributed by atoms with Gasteiger partial charge in [0.05, 0.1) is 5.52 Å². The van der Waals surface area contributed by atoms with Gasteiger partial charge in [-0.2, -0.15) is 0 Å². The van der Waals surface area contributed by atoms with Crippen molar-refractivity contribution in [1.29, 1.82) is 0 Å². The zero-order valence-corrected chi connectivity index (χ0v) is 21.9. The first-order valence-corrected chi connectivity index (χ1v) is 12.0. The minimum absolute atomic E-state index is 0. The third-order valence-electron chi connectivity index (χ3n) is 6.99. The fourth-order valence-electron chi connectivity index (χ4n) is 5.26. The number of hydrogen-bond donors (Lipinski definition) is 2. The highest BCUT2D eigenvalue weighted by molar-refractivity contribution is 6.10. The van der Waals surface area contributed by atoms with Crippen molar-refractivity contribution in [3.8, 4) is 17.5 Å². The number of aryl methyl sites for hydroxylation is 2. The minimum atomic E-state index is -0.0446. The van der Waals surface area contributed by atoms with Gasteiger partial charge in [0.1, 0.15) is 11.3 Å². The Bertz CT molecular complexity index is 1160. The van der Waals surface area contributed by atoms with E-state index in [2.05, 4.69) is 14.9 Å². The fraction of sp³-hybridized carbons (Fsp3) is 0.462. The van der Waals surface area contributed by atoms with Crippen LogP contribution in [0.4, 0.5) is 0 Å². The molecule has 1 aliphatic carbocycles. The van der Waals surface area contributed by atoms with Crippen LogP contribution in [0.15, 0.2) is 30.5 Å². The molecular formula is C26H34Cl2N4O3. The maximum Gasteiger partial charge on any atom is 0.260 e. The third-order valence-corrected chi connectivity index (χ3v) is 6.99. The van der Waals surface area contributed by atoms with E-state index in [4.69, 9.17) is 4.74 Å². The summed E-state index contributed by atoms with van der Waals surface area (Å²) in [6.45, 7) is 6.92. The van der Waals surface area contributed by atoms with E-state index < -0.39 is 0 Å². The van der Waals surface area contributed by atoms with E-state index in [0.717, 1.165) is 66.6 Å². The first kappa shape index (κ1) is 27.1. The zero-order chi connectivity index (χ0) is 22.9. The standard InChI is InChI=1S/C26H32N4O3.2ClH/c1-17-7-6-8-18(2)24(17)33-26-23(25(32)29-13-11-27-12-14-29)20-16-28-22(31)15-21(20)30(26)19-9-4-3-5-10-19;;/h6-8,15-16,19,27H,3-5,9-14H2,1-2H3,(H,28,31);2*1H. The second-order valence-corrected chi connectivity index (χ2v) is 9.27. The second-order valence-electron chi connectivity index (χ2n) is 9.27. The summed E-state index contributed by atoms with van der Waals surface area (Å²) in [6, 6.07) is 7.97. The predicted molar refractivity (Wildman–Crippen MR) is 143 cm³/mol. The molecule has 1 aromatic carbocycles. The van der Waals surface area contributed by atoms with Crippen LogP contribution in [-0.2, 0) is 0 Å². The number of amides is 1. The molecule has 9 heteroatoms. The van der Waals surface area contributed by atoms with Gasteiger partial charge in [0.25, 0.3) is 5.91 Å². The summed E-state index contributed by atoms with van der Waals surface area (Å²) in [6.07, 6.45) is 7.18. The van der Waals surface area contributed by atoms with Crippen LogP contribution in [0.2, 0.25) is 0 Å². The van der Waals surface area contributed by atoms with E-state index in [9.17, 15) is 9.90 Å². The first-order valence-electron chi connectivity index (χ1n) is 12.0. The van der Waals surface area contributed by atoms with Gasteiger partial charge in [0, 0.05) is 49.9 Å². The van der Waals surface area contributed by atoms with E-state index >= 15 is 0 Å². The third kappa shape index (κ3) is 5.22. The van der Waals surface area contributed by atoms with E-state index in [1.807, 2.05) is 36.9 Å². The van der Waals surface area contributed by atoms with E-state index in [0.29, 0.717) is 24.5 Å². The van der Waals surface area contributed by atoms with Gasteiger partial charge in [0.15, 0.2) is 0 Å². The number of ether oxygens (including phenoxy) is 1. The van der Waals surface area contributed by atoms with Gasteiger partial charge in [-0.25, -0.2) is 4.98 Å². The summed E-state index contributed by atoms with van der Waals surface area (Å²) in [5, 5.41) is 14.3. The predicted octanol–water partition coefficient (Wildman–Crippen LogP) is 5.55. The molecule has 1 saturated heterocycles. The molecule has 1 saturated carbocycles. The van der Waals surface area contributed by atoms with Crippen LogP contribution in [0, 0.1) is 13.8 Å². The van der Waals surface area contributed by atoms with Crippen molar-refractivity contribution in [1.82, 2.24) is 19.8 Å². The van der Waals surface area contributed by atoms with Gasteiger partial charge >= 0.3 is 0 Å². The molecule has 1 amide bonds. The number of nitrogens with one attached hydrogen (secondary N) is 1. The smallest absolute Gasteiger partial charge is 0.260 e. The molecule has 35 heavy (non-hydrogen) atoms. The molecule has 2 aromatic heterocycles. The van der Waals surface area contributed by atoms with Crippen LogP contribution >= 0.6 is 24.8 Å². The summed E-state index contributed by atoms with van der Waals surface area (Å²) >= 11 is 0. The van der Waals surface area contributed by atoms with Crippen LogP contribution in [0.1, 0.15) is 59.6 Å². The highest BCUT2D eigenvalue weighted by Gasteiger charge is 2.32. The summed E-state index contributed by atoms with van der Waals surface area (Å²) in [5.41, 5.74) is 3.41. The van der Waals surface area contributed by atoms with E-state index in [1.54, 1.807) is 12.3 Å². The number of carbonyl (C=O) groups excluding carboxylic acids is 1. The lowest BCUT2D eigenvalue weighted by molar-refractivity contribution is 0.0734. The lowest BCUT2D eigenvalue weighted by atomic mass is 9.95. The molecule has 1 aliphatic heterocycles. The number of nitrogens with zero attached hydrogens (tertiary/aromatic N) is 3. The molecule has 0 atom stereocenters. The van der Waals surface area contributed by atoms with Crippen LogP contribution in [0.3, 0.4) is 0 Å². The molecule has 190 valence electrons. The topological polar surface area (TPSA) is 79.6 Å². The van der Waals surface area contributed by atoms with Crippen LogP contribution < -0.4 is 10.1 Å². The van der Waals surface area contributed by atoms with Crippen molar-refractivity contribution in [2.45, 2.75) is 52.0 Å². The Morgan fingerprint density at radius 1 is 1.09 bits per heavy atom. The number of rotatable bonds is 4. The molecule has 0 spiro atoms. The van der Waals surface area contributed by atoms with Gasteiger partial charge in [-0.15, -0.1) is 24.8 Å². The maximum absolute atomic E-state index is 13.9. The fourth-order valence-corrected chi connectivity index (χ4v) is 5.26. The molecule has 2 fully saturated rings. The largest absolute Gasteiger partial charge is 0.493 e. The highest BCUT2D eigenvalue weighted by Crippen LogP contribution is 2.43. The summed E-state index contributed by atoms with van der Waals surface area (Å²) < 4.78 is 8.85. The normalized spacial score (nSPS) is 16.5. The Morgan fingerprint density at radius 2 is 1.74 bits per heavy atom. The number of hydrogen-bond acceptors (Lipinski definition) is 5. The van der Waals surface area contributed by atoms with Crippen molar-refractivity contribution in [3.05, 3.63) is 47.2 Å². The Kier molecular flexibility index (Phi) is 8.91. The average molecular weight is 521 g/mol.